The second-order valence-corrected chi connectivity index (χ2v) is 1.86. The molecule has 0 amide bonds. The van der Waals surface area contributed by atoms with Crippen molar-refractivity contribution in [3.05, 3.63) is 35.9 Å². The van der Waals surface area contributed by atoms with Gasteiger partial charge in [-0.2, -0.15) is 0 Å². The Morgan fingerprint density at radius 2 is 1.80 bits per heavy atom. The molecule has 0 radical (unpaired) electrons. The SMILES string of the molecule is O=CCc1ccccc1.[LiH]. The summed E-state index contributed by atoms with van der Waals surface area (Å²) in [6, 6.07) is 9.68. The number of hydrogen-bond donors (Lipinski definition) is 0. The number of aldehydes is 1. The molecule has 0 bridgehead atoms. The fraction of sp³-hybridized carbons (Fsp3) is 0.125. The van der Waals surface area contributed by atoms with Crippen molar-refractivity contribution in [2.45, 2.75) is 6.42 Å². The van der Waals surface area contributed by atoms with Crippen LogP contribution in [-0.4, -0.2) is 25.1 Å². The van der Waals surface area contributed by atoms with Crippen LogP contribution in [0, 0.1) is 0 Å². The molecule has 0 aliphatic heterocycles. The first-order valence-corrected chi connectivity index (χ1v) is 2.91. The molecule has 0 unspecified atom stereocenters. The van der Waals surface area contributed by atoms with Crippen LogP contribution in [0.2, 0.25) is 0 Å². The summed E-state index contributed by atoms with van der Waals surface area (Å²) in [6.45, 7) is 0. The molecule has 0 N–H and O–H groups in total. The quantitative estimate of drug-likeness (QED) is 0.425. The molecule has 0 saturated carbocycles. The Bertz CT molecular complexity index is 184. The predicted molar refractivity (Wildman–Crippen MR) is 43.4 cm³/mol. The third-order valence-electron chi connectivity index (χ3n) is 1.16. The predicted octanol–water partition coefficient (Wildman–Crippen LogP) is 0.779. The van der Waals surface area contributed by atoms with E-state index in [1.54, 1.807) is 0 Å². The second-order valence-electron chi connectivity index (χ2n) is 1.86. The summed E-state index contributed by atoms with van der Waals surface area (Å²) >= 11 is 0. The van der Waals surface area contributed by atoms with Crippen molar-refractivity contribution < 1.29 is 4.79 Å². The number of carbonyl (C=O) groups excluding carboxylic acids is 1. The van der Waals surface area contributed by atoms with Gasteiger partial charge in [-0.3, -0.25) is 0 Å². The van der Waals surface area contributed by atoms with Crippen molar-refractivity contribution in [3.8, 4) is 0 Å². The minimum absolute atomic E-state index is 0. The Balaban J connectivity index is 0.000000810. The van der Waals surface area contributed by atoms with Gasteiger partial charge in [0.05, 0.1) is 0 Å². The van der Waals surface area contributed by atoms with Gasteiger partial charge in [-0.25, -0.2) is 0 Å². The molecule has 2 heteroatoms. The van der Waals surface area contributed by atoms with Crippen molar-refractivity contribution in [2.24, 2.45) is 0 Å². The number of carbonyl (C=O) groups is 1. The van der Waals surface area contributed by atoms with Gasteiger partial charge < -0.3 is 4.79 Å². The van der Waals surface area contributed by atoms with Gasteiger partial charge in [0.2, 0.25) is 0 Å². The Morgan fingerprint density at radius 1 is 1.20 bits per heavy atom. The van der Waals surface area contributed by atoms with Crippen LogP contribution in [0.3, 0.4) is 0 Å². The summed E-state index contributed by atoms with van der Waals surface area (Å²) in [5, 5.41) is 0. The molecule has 1 aromatic carbocycles. The molecule has 0 aromatic heterocycles. The summed E-state index contributed by atoms with van der Waals surface area (Å²) in [7, 11) is 0. The van der Waals surface area contributed by atoms with Gasteiger partial charge in [0.25, 0.3) is 0 Å². The van der Waals surface area contributed by atoms with Gasteiger partial charge in [-0.05, 0) is 5.56 Å². The van der Waals surface area contributed by atoms with Crippen molar-refractivity contribution in [3.63, 3.8) is 0 Å². The van der Waals surface area contributed by atoms with Crippen LogP contribution in [0.4, 0.5) is 0 Å². The van der Waals surface area contributed by atoms with Crippen LogP contribution in [0.5, 0.6) is 0 Å². The second kappa shape index (κ2) is 5.29. The van der Waals surface area contributed by atoms with Crippen molar-refractivity contribution >= 4 is 25.1 Å². The van der Waals surface area contributed by atoms with Crippen LogP contribution < -0.4 is 0 Å². The molecule has 1 rings (SSSR count). The zero-order valence-electron chi connectivity index (χ0n) is 5.08. The van der Waals surface area contributed by atoms with Crippen molar-refractivity contribution in [2.75, 3.05) is 0 Å². The van der Waals surface area contributed by atoms with Gasteiger partial charge in [0.15, 0.2) is 0 Å². The zero-order chi connectivity index (χ0) is 6.53. The maximum atomic E-state index is 9.97. The third kappa shape index (κ3) is 2.87. The topological polar surface area (TPSA) is 17.1 Å². The minimum atomic E-state index is 0. The van der Waals surface area contributed by atoms with Gasteiger partial charge in [0, 0.05) is 6.42 Å². The van der Waals surface area contributed by atoms with Crippen LogP contribution in [0.15, 0.2) is 30.3 Å². The normalized spacial score (nSPS) is 8.00. The molecule has 0 fully saturated rings. The Morgan fingerprint density at radius 3 is 2.30 bits per heavy atom. The van der Waals surface area contributed by atoms with Crippen molar-refractivity contribution in [1.82, 2.24) is 0 Å². The van der Waals surface area contributed by atoms with Gasteiger partial charge in [-0.15, -0.1) is 0 Å². The third-order valence-corrected chi connectivity index (χ3v) is 1.16. The van der Waals surface area contributed by atoms with E-state index in [0.717, 1.165) is 11.8 Å². The molecule has 10 heavy (non-hydrogen) atoms. The number of hydrogen-bond acceptors (Lipinski definition) is 1. The molecule has 48 valence electrons. The molecule has 0 saturated heterocycles. The molecule has 1 aromatic rings. The first-order valence-electron chi connectivity index (χ1n) is 2.91. The average Bonchev–Trinajstić information content (AvgIpc) is 1.91. The number of benzene rings is 1. The summed E-state index contributed by atoms with van der Waals surface area (Å²) < 4.78 is 0. The van der Waals surface area contributed by atoms with E-state index in [4.69, 9.17) is 0 Å². The molecule has 0 heterocycles. The van der Waals surface area contributed by atoms with Gasteiger partial charge in [0.1, 0.15) is 6.29 Å². The summed E-state index contributed by atoms with van der Waals surface area (Å²) in [5.74, 6) is 0. The van der Waals surface area contributed by atoms with E-state index in [0.29, 0.717) is 6.42 Å². The zero-order valence-corrected chi connectivity index (χ0v) is 5.08. The van der Waals surface area contributed by atoms with Crippen molar-refractivity contribution in [1.29, 1.82) is 0 Å². The molecule has 1 nitrogen and oxygen atoms in total. The van der Waals surface area contributed by atoms with E-state index in [1.807, 2.05) is 30.3 Å². The maximum absolute atomic E-state index is 9.97. The van der Waals surface area contributed by atoms with E-state index in [1.165, 1.54) is 0 Å². The molecular formula is C8H9LiO. The Labute approximate surface area is 72.6 Å². The van der Waals surface area contributed by atoms with Crippen LogP contribution in [-0.2, 0) is 11.2 Å². The molecule has 0 aliphatic rings. The Kier molecular flexibility index (Phi) is 5.02. The summed E-state index contributed by atoms with van der Waals surface area (Å²) in [5.41, 5.74) is 1.08. The van der Waals surface area contributed by atoms with E-state index in [-0.39, 0.29) is 18.9 Å². The van der Waals surface area contributed by atoms with Gasteiger partial charge in [-0.1, -0.05) is 30.3 Å². The summed E-state index contributed by atoms with van der Waals surface area (Å²) in [6.07, 6.45) is 1.44. The first-order chi connectivity index (χ1) is 4.43. The first kappa shape index (κ1) is 9.49. The van der Waals surface area contributed by atoms with E-state index >= 15 is 0 Å². The standard InChI is InChI=1S/C8H8O.Li.H/c9-7-6-8-4-2-1-3-5-8;;/h1-5,7H,6H2;;. The fourth-order valence-electron chi connectivity index (χ4n) is 0.710. The monoisotopic (exact) mass is 128 g/mol. The van der Waals surface area contributed by atoms with Crippen LogP contribution in [0.1, 0.15) is 5.56 Å². The molecule has 0 aliphatic carbocycles. The van der Waals surface area contributed by atoms with E-state index in [2.05, 4.69) is 0 Å². The Hall–Kier alpha value is -0.513. The average molecular weight is 128 g/mol. The molecular weight excluding hydrogens is 119 g/mol. The molecule has 0 atom stereocenters. The van der Waals surface area contributed by atoms with Crippen LogP contribution >= 0.6 is 0 Å². The van der Waals surface area contributed by atoms with E-state index in [9.17, 15) is 4.79 Å². The van der Waals surface area contributed by atoms with E-state index < -0.39 is 0 Å². The number of rotatable bonds is 2. The molecule has 0 spiro atoms. The van der Waals surface area contributed by atoms with Gasteiger partial charge >= 0.3 is 18.9 Å². The fourth-order valence-corrected chi connectivity index (χ4v) is 0.710. The van der Waals surface area contributed by atoms with Crippen LogP contribution in [0.25, 0.3) is 0 Å². The summed E-state index contributed by atoms with van der Waals surface area (Å²) in [4.78, 5) is 9.97.